The molecule has 0 radical (unpaired) electrons. The van der Waals surface area contributed by atoms with E-state index in [9.17, 15) is 4.79 Å². The Morgan fingerprint density at radius 1 is 1.43 bits per heavy atom. The molecule has 0 bridgehead atoms. The second kappa shape index (κ2) is 5.00. The van der Waals surface area contributed by atoms with Crippen molar-refractivity contribution in [2.45, 2.75) is 11.8 Å². The molecule has 0 aliphatic heterocycles. The van der Waals surface area contributed by atoms with Crippen LogP contribution in [0, 0.1) is 0 Å². The molecule has 14 heavy (non-hydrogen) atoms. The summed E-state index contributed by atoms with van der Waals surface area (Å²) in [4.78, 5) is 11.1. The topological polar surface area (TPSA) is 38.3 Å². The summed E-state index contributed by atoms with van der Waals surface area (Å²) in [6.45, 7) is 1.78. The molecule has 1 N–H and O–H groups in total. The summed E-state index contributed by atoms with van der Waals surface area (Å²) in [5.74, 6) is 0.713. The lowest BCUT2D eigenvalue weighted by molar-refractivity contribution is -0.115. The van der Waals surface area contributed by atoms with Gasteiger partial charge in [-0.3, -0.25) is 4.79 Å². The van der Waals surface area contributed by atoms with E-state index in [4.69, 9.17) is 4.74 Å². The average Bonchev–Trinajstić information content (AvgIpc) is 2.19. The summed E-state index contributed by atoms with van der Waals surface area (Å²) in [6.07, 6.45) is 0. The number of anilines is 1. The van der Waals surface area contributed by atoms with Crippen LogP contribution in [0.25, 0.3) is 0 Å². The third-order valence-corrected chi connectivity index (χ3v) is 2.13. The van der Waals surface area contributed by atoms with Crippen LogP contribution >= 0.6 is 15.9 Å². The van der Waals surface area contributed by atoms with Crippen molar-refractivity contribution in [1.29, 1.82) is 0 Å². The highest BCUT2D eigenvalue weighted by molar-refractivity contribution is 9.10. The molecule has 76 valence electrons. The van der Waals surface area contributed by atoms with Crippen molar-refractivity contribution < 1.29 is 9.53 Å². The van der Waals surface area contributed by atoms with Gasteiger partial charge in [0.05, 0.1) is 11.9 Å². The number of benzene rings is 1. The summed E-state index contributed by atoms with van der Waals surface area (Å²) < 4.78 is 5.00. The molecule has 0 fully saturated rings. The van der Waals surface area contributed by atoms with Crippen LogP contribution in [0.2, 0.25) is 0 Å². The van der Waals surface area contributed by atoms with Crippen LogP contribution in [0.5, 0.6) is 5.75 Å². The minimum absolute atomic E-state index is 0.0600. The van der Waals surface area contributed by atoms with E-state index in [1.165, 1.54) is 0 Å². The Hall–Kier alpha value is -1.03. The van der Waals surface area contributed by atoms with Crippen molar-refractivity contribution in [3.8, 4) is 5.75 Å². The van der Waals surface area contributed by atoms with Crippen molar-refractivity contribution >= 4 is 27.5 Å². The van der Waals surface area contributed by atoms with Crippen molar-refractivity contribution in [3.63, 3.8) is 0 Å². The van der Waals surface area contributed by atoms with Crippen LogP contribution in [0.3, 0.4) is 0 Å². The first kappa shape index (κ1) is 11.0. The summed E-state index contributed by atoms with van der Waals surface area (Å²) in [6, 6.07) is 7.20. The molecule has 0 saturated heterocycles. The second-order valence-electron chi connectivity index (χ2n) is 2.83. The molecule has 1 aromatic carbocycles. The van der Waals surface area contributed by atoms with Gasteiger partial charge in [0, 0.05) is 5.69 Å². The summed E-state index contributed by atoms with van der Waals surface area (Å²) in [7, 11) is 1.61. The van der Waals surface area contributed by atoms with Gasteiger partial charge in [0.1, 0.15) is 5.75 Å². The molecule has 1 atom stereocenters. The van der Waals surface area contributed by atoms with E-state index in [1.54, 1.807) is 38.3 Å². The number of rotatable bonds is 3. The first-order valence-electron chi connectivity index (χ1n) is 4.22. The lowest BCUT2D eigenvalue weighted by Crippen LogP contribution is -2.19. The monoisotopic (exact) mass is 257 g/mol. The van der Waals surface area contributed by atoms with Crippen LogP contribution in [-0.4, -0.2) is 17.8 Å². The summed E-state index contributed by atoms with van der Waals surface area (Å²) in [5.41, 5.74) is 0.766. The fraction of sp³-hybridized carbons (Fsp3) is 0.300. The van der Waals surface area contributed by atoms with Gasteiger partial charge in [-0.1, -0.05) is 15.9 Å². The van der Waals surface area contributed by atoms with Gasteiger partial charge in [0.2, 0.25) is 5.91 Å². The van der Waals surface area contributed by atoms with Gasteiger partial charge in [-0.05, 0) is 31.2 Å². The molecule has 0 spiro atoms. The quantitative estimate of drug-likeness (QED) is 0.845. The maximum absolute atomic E-state index is 11.3. The smallest absolute Gasteiger partial charge is 0.237 e. The maximum Gasteiger partial charge on any atom is 0.237 e. The largest absolute Gasteiger partial charge is 0.497 e. The van der Waals surface area contributed by atoms with Crippen LogP contribution in [0.4, 0.5) is 5.69 Å². The van der Waals surface area contributed by atoms with Gasteiger partial charge < -0.3 is 10.1 Å². The highest BCUT2D eigenvalue weighted by Crippen LogP contribution is 2.15. The first-order valence-corrected chi connectivity index (χ1v) is 5.14. The SMILES string of the molecule is COc1ccc(NC(=O)[C@H](C)Br)cc1. The minimum Gasteiger partial charge on any atom is -0.497 e. The maximum atomic E-state index is 11.3. The van der Waals surface area contributed by atoms with Gasteiger partial charge >= 0.3 is 0 Å². The third-order valence-electron chi connectivity index (χ3n) is 1.72. The van der Waals surface area contributed by atoms with Crippen molar-refractivity contribution in [3.05, 3.63) is 24.3 Å². The molecular formula is C10H12BrNO2. The zero-order chi connectivity index (χ0) is 10.6. The van der Waals surface area contributed by atoms with Crippen LogP contribution in [0.15, 0.2) is 24.3 Å². The van der Waals surface area contributed by atoms with Crippen LogP contribution in [0.1, 0.15) is 6.92 Å². The third kappa shape index (κ3) is 3.03. The molecule has 0 saturated carbocycles. The molecule has 0 aliphatic rings. The van der Waals surface area contributed by atoms with Gasteiger partial charge in [-0.2, -0.15) is 0 Å². The zero-order valence-electron chi connectivity index (χ0n) is 8.08. The van der Waals surface area contributed by atoms with E-state index in [2.05, 4.69) is 21.2 Å². The number of hydrogen-bond acceptors (Lipinski definition) is 2. The van der Waals surface area contributed by atoms with Crippen molar-refractivity contribution in [2.75, 3.05) is 12.4 Å². The van der Waals surface area contributed by atoms with Gasteiger partial charge in [-0.15, -0.1) is 0 Å². The van der Waals surface area contributed by atoms with E-state index in [1.807, 2.05) is 0 Å². The predicted octanol–water partition coefficient (Wildman–Crippen LogP) is 2.42. The molecule has 1 amide bonds. The summed E-state index contributed by atoms with van der Waals surface area (Å²) in [5, 5.41) is 2.75. The van der Waals surface area contributed by atoms with E-state index in [0.717, 1.165) is 11.4 Å². The molecule has 0 aromatic heterocycles. The van der Waals surface area contributed by atoms with Crippen molar-refractivity contribution in [1.82, 2.24) is 0 Å². The van der Waals surface area contributed by atoms with Crippen LogP contribution in [-0.2, 0) is 4.79 Å². The molecule has 0 aliphatic carbocycles. The first-order chi connectivity index (χ1) is 6.63. The molecule has 1 aromatic rings. The number of alkyl halides is 1. The zero-order valence-corrected chi connectivity index (χ0v) is 9.67. The Kier molecular flexibility index (Phi) is 3.95. The van der Waals surface area contributed by atoms with Gasteiger partial charge in [0.25, 0.3) is 0 Å². The number of methoxy groups -OCH3 is 1. The fourth-order valence-electron chi connectivity index (χ4n) is 0.916. The standard InChI is InChI=1S/C10H12BrNO2/c1-7(11)10(13)12-8-3-5-9(14-2)6-4-8/h3-7H,1-2H3,(H,12,13)/t7-/m0/s1. The average molecular weight is 258 g/mol. The Morgan fingerprint density at radius 3 is 2.43 bits per heavy atom. The molecule has 3 nitrogen and oxygen atoms in total. The number of ether oxygens (including phenoxy) is 1. The normalized spacial score (nSPS) is 11.9. The fourth-order valence-corrected chi connectivity index (χ4v) is 1.03. The molecule has 0 heterocycles. The Morgan fingerprint density at radius 2 is 2.00 bits per heavy atom. The van der Waals surface area contributed by atoms with Crippen molar-refractivity contribution in [2.24, 2.45) is 0 Å². The predicted molar refractivity (Wildman–Crippen MR) is 60.0 cm³/mol. The number of nitrogens with one attached hydrogen (secondary N) is 1. The lowest BCUT2D eigenvalue weighted by atomic mass is 10.3. The van der Waals surface area contributed by atoms with E-state index in [-0.39, 0.29) is 10.7 Å². The molecule has 0 unspecified atom stereocenters. The molecule has 4 heteroatoms. The van der Waals surface area contributed by atoms with E-state index < -0.39 is 0 Å². The van der Waals surface area contributed by atoms with E-state index >= 15 is 0 Å². The summed E-state index contributed by atoms with van der Waals surface area (Å²) >= 11 is 3.19. The number of carbonyl (C=O) groups is 1. The Balaban J connectivity index is 2.64. The lowest BCUT2D eigenvalue weighted by Gasteiger charge is -2.07. The molecule has 1 rings (SSSR count). The Labute approximate surface area is 91.6 Å². The van der Waals surface area contributed by atoms with Gasteiger partial charge in [-0.25, -0.2) is 0 Å². The number of halogens is 1. The number of amides is 1. The minimum atomic E-state index is -0.190. The highest BCUT2D eigenvalue weighted by Gasteiger charge is 2.07. The highest BCUT2D eigenvalue weighted by atomic mass is 79.9. The second-order valence-corrected chi connectivity index (χ2v) is 4.21. The Bertz CT molecular complexity index is 308. The van der Waals surface area contributed by atoms with Gasteiger partial charge in [0.15, 0.2) is 0 Å². The molecular weight excluding hydrogens is 246 g/mol. The number of carbonyl (C=O) groups excluding carboxylic acids is 1. The number of hydrogen-bond donors (Lipinski definition) is 1. The van der Waals surface area contributed by atoms with Crippen LogP contribution < -0.4 is 10.1 Å². The van der Waals surface area contributed by atoms with E-state index in [0.29, 0.717) is 0 Å².